The van der Waals surface area contributed by atoms with Gasteiger partial charge in [-0.3, -0.25) is 4.79 Å². The zero-order valence-electron chi connectivity index (χ0n) is 10.5. The van der Waals surface area contributed by atoms with Crippen molar-refractivity contribution in [1.82, 2.24) is 10.2 Å². The minimum atomic E-state index is -0.886. The third-order valence-corrected chi connectivity index (χ3v) is 2.83. The van der Waals surface area contributed by atoms with Gasteiger partial charge in [0, 0.05) is 20.1 Å². The number of carboxylic acid groups (broad SMARTS) is 1. The van der Waals surface area contributed by atoms with E-state index in [-0.39, 0.29) is 12.6 Å². The van der Waals surface area contributed by atoms with E-state index in [9.17, 15) is 9.59 Å². The first-order valence-corrected chi connectivity index (χ1v) is 5.59. The molecule has 0 saturated carbocycles. The fraction of sp³-hybridized carbons (Fsp3) is 0.818. The fourth-order valence-electron chi connectivity index (χ4n) is 1.19. The first-order valence-electron chi connectivity index (χ1n) is 5.59. The minimum Gasteiger partial charge on any atom is -0.481 e. The molecule has 0 aliphatic heterocycles. The Kier molecular flexibility index (Phi) is 5.85. The van der Waals surface area contributed by atoms with Gasteiger partial charge in [-0.1, -0.05) is 13.8 Å². The normalized spacial score (nSPS) is 14.0. The van der Waals surface area contributed by atoms with Crippen LogP contribution in [0, 0.1) is 5.41 Å². The van der Waals surface area contributed by atoms with Crippen molar-refractivity contribution >= 4 is 12.0 Å². The average Bonchev–Trinajstić information content (AvgIpc) is 2.25. The molecule has 0 bridgehead atoms. The fourth-order valence-corrected chi connectivity index (χ4v) is 1.19. The molecular weight excluding hydrogens is 208 g/mol. The van der Waals surface area contributed by atoms with Crippen LogP contribution in [-0.4, -0.2) is 42.1 Å². The van der Waals surface area contributed by atoms with E-state index in [0.29, 0.717) is 13.0 Å². The van der Waals surface area contributed by atoms with Crippen LogP contribution in [0.1, 0.15) is 33.6 Å². The summed E-state index contributed by atoms with van der Waals surface area (Å²) in [4.78, 5) is 24.1. The van der Waals surface area contributed by atoms with E-state index in [1.807, 2.05) is 6.92 Å². The second-order valence-electron chi connectivity index (χ2n) is 4.30. The van der Waals surface area contributed by atoms with Gasteiger partial charge in [0.2, 0.25) is 0 Å². The Morgan fingerprint density at radius 3 is 2.31 bits per heavy atom. The Morgan fingerprint density at radius 1 is 1.38 bits per heavy atom. The molecule has 94 valence electrons. The molecule has 0 saturated heterocycles. The highest BCUT2D eigenvalue weighted by Gasteiger charge is 2.31. The number of carbonyl (C=O) groups is 2. The SMILES string of the molecule is CCCN(C)C(=O)NCC(C)(CC)C(=O)O. The van der Waals surface area contributed by atoms with Crippen LogP contribution in [0.5, 0.6) is 0 Å². The lowest BCUT2D eigenvalue weighted by molar-refractivity contribution is -0.147. The lowest BCUT2D eigenvalue weighted by Gasteiger charge is -2.25. The topological polar surface area (TPSA) is 69.6 Å². The smallest absolute Gasteiger partial charge is 0.317 e. The summed E-state index contributed by atoms with van der Waals surface area (Å²) in [6, 6.07) is -0.220. The summed E-state index contributed by atoms with van der Waals surface area (Å²) >= 11 is 0. The largest absolute Gasteiger partial charge is 0.481 e. The van der Waals surface area contributed by atoms with Crippen LogP contribution in [0.15, 0.2) is 0 Å². The molecule has 5 nitrogen and oxygen atoms in total. The van der Waals surface area contributed by atoms with Crippen molar-refractivity contribution in [1.29, 1.82) is 0 Å². The average molecular weight is 230 g/mol. The molecule has 0 aromatic carbocycles. The lowest BCUT2D eigenvalue weighted by Crippen LogP contribution is -2.45. The third kappa shape index (κ3) is 4.08. The molecule has 0 radical (unpaired) electrons. The van der Waals surface area contributed by atoms with Gasteiger partial charge in [0.1, 0.15) is 0 Å². The molecule has 2 N–H and O–H groups in total. The van der Waals surface area contributed by atoms with E-state index < -0.39 is 11.4 Å². The van der Waals surface area contributed by atoms with E-state index in [2.05, 4.69) is 5.32 Å². The molecule has 0 aliphatic rings. The molecular formula is C11H22N2O3. The van der Waals surface area contributed by atoms with Crippen molar-refractivity contribution in [2.24, 2.45) is 5.41 Å². The molecule has 5 heteroatoms. The molecule has 0 aromatic heterocycles. The van der Waals surface area contributed by atoms with Crippen LogP contribution in [0.4, 0.5) is 4.79 Å². The van der Waals surface area contributed by atoms with Gasteiger partial charge in [0.15, 0.2) is 0 Å². The lowest BCUT2D eigenvalue weighted by atomic mass is 9.88. The number of rotatable bonds is 6. The summed E-state index contributed by atoms with van der Waals surface area (Å²) in [7, 11) is 1.70. The van der Waals surface area contributed by atoms with Crippen LogP contribution in [0.25, 0.3) is 0 Å². The zero-order chi connectivity index (χ0) is 12.8. The summed E-state index contributed by atoms with van der Waals surface area (Å²) in [6.45, 7) is 6.25. The van der Waals surface area contributed by atoms with Crippen LogP contribution < -0.4 is 5.32 Å². The monoisotopic (exact) mass is 230 g/mol. The molecule has 1 atom stereocenters. The number of hydrogen-bond acceptors (Lipinski definition) is 2. The van der Waals surface area contributed by atoms with Gasteiger partial charge in [-0.15, -0.1) is 0 Å². The van der Waals surface area contributed by atoms with Crippen LogP contribution >= 0.6 is 0 Å². The van der Waals surface area contributed by atoms with E-state index in [0.717, 1.165) is 6.42 Å². The minimum absolute atomic E-state index is 0.158. The molecule has 0 fully saturated rings. The van der Waals surface area contributed by atoms with Crippen molar-refractivity contribution in [2.75, 3.05) is 20.1 Å². The van der Waals surface area contributed by atoms with Gasteiger partial charge >= 0.3 is 12.0 Å². The first-order chi connectivity index (χ1) is 7.37. The number of urea groups is 1. The Morgan fingerprint density at radius 2 is 1.94 bits per heavy atom. The Hall–Kier alpha value is -1.26. The van der Waals surface area contributed by atoms with E-state index in [1.54, 1.807) is 25.8 Å². The van der Waals surface area contributed by atoms with Crippen molar-refractivity contribution in [3.63, 3.8) is 0 Å². The maximum atomic E-state index is 11.5. The Balaban J connectivity index is 4.22. The van der Waals surface area contributed by atoms with Crippen molar-refractivity contribution in [3.05, 3.63) is 0 Å². The van der Waals surface area contributed by atoms with Crippen molar-refractivity contribution in [2.45, 2.75) is 33.6 Å². The summed E-state index contributed by atoms with van der Waals surface area (Å²) in [5.74, 6) is -0.881. The quantitative estimate of drug-likeness (QED) is 0.727. The summed E-state index contributed by atoms with van der Waals surface area (Å²) in [5.41, 5.74) is -0.886. The predicted molar refractivity (Wildman–Crippen MR) is 62.4 cm³/mol. The van der Waals surface area contributed by atoms with Crippen LogP contribution in [0.2, 0.25) is 0 Å². The second kappa shape index (κ2) is 6.35. The van der Waals surface area contributed by atoms with Gasteiger partial charge < -0.3 is 15.3 Å². The molecule has 0 rings (SSSR count). The molecule has 0 heterocycles. The van der Waals surface area contributed by atoms with Gasteiger partial charge in [0.25, 0.3) is 0 Å². The molecule has 0 aromatic rings. The van der Waals surface area contributed by atoms with Gasteiger partial charge in [-0.2, -0.15) is 0 Å². The second-order valence-corrected chi connectivity index (χ2v) is 4.30. The highest BCUT2D eigenvalue weighted by atomic mass is 16.4. The highest BCUT2D eigenvalue weighted by Crippen LogP contribution is 2.19. The summed E-state index contributed by atoms with van der Waals surface area (Å²) < 4.78 is 0. The van der Waals surface area contributed by atoms with E-state index in [1.165, 1.54) is 0 Å². The molecule has 16 heavy (non-hydrogen) atoms. The van der Waals surface area contributed by atoms with E-state index in [4.69, 9.17) is 5.11 Å². The van der Waals surface area contributed by atoms with Gasteiger partial charge in [-0.05, 0) is 19.8 Å². The summed E-state index contributed by atoms with van der Waals surface area (Å²) in [6.07, 6.45) is 1.37. The number of aliphatic carboxylic acids is 1. The molecule has 2 amide bonds. The maximum absolute atomic E-state index is 11.5. The molecule has 0 spiro atoms. The Bertz CT molecular complexity index is 256. The number of hydrogen-bond donors (Lipinski definition) is 2. The number of nitrogens with zero attached hydrogens (tertiary/aromatic N) is 1. The first kappa shape index (κ1) is 14.7. The number of amides is 2. The van der Waals surface area contributed by atoms with Gasteiger partial charge in [0.05, 0.1) is 5.41 Å². The Labute approximate surface area is 96.8 Å². The number of nitrogens with one attached hydrogen (secondary N) is 1. The van der Waals surface area contributed by atoms with E-state index >= 15 is 0 Å². The standard InChI is InChI=1S/C11H22N2O3/c1-5-7-13(4)10(16)12-8-11(3,6-2)9(14)15/h5-8H2,1-4H3,(H,12,16)(H,14,15). The highest BCUT2D eigenvalue weighted by molar-refractivity contribution is 5.77. The number of carboxylic acids is 1. The molecule has 0 aliphatic carbocycles. The molecule has 1 unspecified atom stereocenters. The predicted octanol–water partition coefficient (Wildman–Crippen LogP) is 1.54. The van der Waals surface area contributed by atoms with Gasteiger partial charge in [-0.25, -0.2) is 4.79 Å². The van der Waals surface area contributed by atoms with Crippen LogP contribution in [-0.2, 0) is 4.79 Å². The maximum Gasteiger partial charge on any atom is 0.317 e. The number of carbonyl (C=O) groups excluding carboxylic acids is 1. The third-order valence-electron chi connectivity index (χ3n) is 2.83. The zero-order valence-corrected chi connectivity index (χ0v) is 10.5. The summed E-state index contributed by atoms with van der Waals surface area (Å²) in [5, 5.41) is 11.7. The van der Waals surface area contributed by atoms with Crippen LogP contribution in [0.3, 0.4) is 0 Å². The van der Waals surface area contributed by atoms with Crippen molar-refractivity contribution in [3.8, 4) is 0 Å². The van der Waals surface area contributed by atoms with Crippen molar-refractivity contribution < 1.29 is 14.7 Å².